The van der Waals surface area contributed by atoms with Gasteiger partial charge in [0, 0.05) is 0 Å². The van der Waals surface area contributed by atoms with Crippen LogP contribution in [0.15, 0.2) is 11.7 Å². The SMILES string of the molecule is FC1=C(F)C(F)(F)c2c(F)c(C(F)(F)F)c(F)c(F)c2C1(F)F. The standard InChI is InChI=1S/C11F12/c12-4-1-2(5(13)6(14)3(4)11(21,22)23)10(19,20)8(16)7(15)9(1,17)18. The Morgan fingerprint density at radius 3 is 1.26 bits per heavy atom. The maximum Gasteiger partial charge on any atom is 0.422 e. The molecule has 0 nitrogen and oxygen atoms in total. The van der Waals surface area contributed by atoms with Crippen molar-refractivity contribution in [2.24, 2.45) is 0 Å². The minimum absolute atomic E-state index is 3.04. The molecule has 0 radical (unpaired) electrons. The zero-order chi connectivity index (χ0) is 18.1. The topological polar surface area (TPSA) is 0 Å². The Labute approximate surface area is 118 Å². The first-order valence-electron chi connectivity index (χ1n) is 5.27. The molecule has 0 aromatic heterocycles. The van der Waals surface area contributed by atoms with Crippen LogP contribution < -0.4 is 0 Å². The van der Waals surface area contributed by atoms with Gasteiger partial charge in [0.1, 0.15) is 11.4 Å². The van der Waals surface area contributed by atoms with Crippen LogP contribution in [-0.4, -0.2) is 0 Å². The molecule has 0 unspecified atom stereocenters. The van der Waals surface area contributed by atoms with E-state index in [1.54, 1.807) is 0 Å². The molecule has 0 fully saturated rings. The Bertz CT molecular complexity index is 724. The second-order valence-corrected chi connectivity index (χ2v) is 4.34. The molecule has 2 rings (SSSR count). The fourth-order valence-electron chi connectivity index (χ4n) is 1.99. The van der Waals surface area contributed by atoms with Crippen LogP contribution in [0.3, 0.4) is 0 Å². The van der Waals surface area contributed by atoms with Gasteiger partial charge >= 0.3 is 18.0 Å². The lowest BCUT2D eigenvalue weighted by Crippen LogP contribution is -2.36. The zero-order valence-electron chi connectivity index (χ0n) is 10.0. The monoisotopic (exact) mass is 360 g/mol. The third-order valence-electron chi connectivity index (χ3n) is 2.98. The van der Waals surface area contributed by atoms with Crippen molar-refractivity contribution in [1.29, 1.82) is 0 Å². The van der Waals surface area contributed by atoms with Crippen molar-refractivity contribution in [1.82, 2.24) is 0 Å². The van der Waals surface area contributed by atoms with E-state index in [1.165, 1.54) is 0 Å². The van der Waals surface area contributed by atoms with E-state index >= 15 is 0 Å². The van der Waals surface area contributed by atoms with Gasteiger partial charge in [-0.2, -0.15) is 30.7 Å². The maximum absolute atomic E-state index is 13.6. The summed E-state index contributed by atoms with van der Waals surface area (Å²) < 4.78 is 157. The summed E-state index contributed by atoms with van der Waals surface area (Å²) in [6.07, 6.45) is -6.11. The van der Waals surface area contributed by atoms with Crippen LogP contribution in [0.5, 0.6) is 0 Å². The van der Waals surface area contributed by atoms with Gasteiger partial charge in [-0.05, 0) is 0 Å². The van der Waals surface area contributed by atoms with E-state index in [0.717, 1.165) is 0 Å². The van der Waals surface area contributed by atoms with Crippen molar-refractivity contribution in [2.45, 2.75) is 18.0 Å². The zero-order valence-corrected chi connectivity index (χ0v) is 10.0. The van der Waals surface area contributed by atoms with E-state index in [9.17, 15) is 52.7 Å². The quantitative estimate of drug-likeness (QED) is 0.425. The van der Waals surface area contributed by atoms with Crippen molar-refractivity contribution in [3.63, 3.8) is 0 Å². The van der Waals surface area contributed by atoms with Gasteiger partial charge in [0.05, 0.1) is 11.1 Å². The molecule has 1 aromatic carbocycles. The molecule has 0 N–H and O–H groups in total. The highest BCUT2D eigenvalue weighted by Gasteiger charge is 2.62. The first kappa shape index (κ1) is 17.5. The highest BCUT2D eigenvalue weighted by Crippen LogP contribution is 2.56. The normalized spacial score (nSPS) is 19.8. The van der Waals surface area contributed by atoms with E-state index in [2.05, 4.69) is 0 Å². The van der Waals surface area contributed by atoms with Crippen molar-refractivity contribution in [2.75, 3.05) is 0 Å². The molecule has 0 saturated heterocycles. The molecule has 0 bridgehead atoms. The third kappa shape index (κ3) is 2.10. The summed E-state index contributed by atoms with van der Waals surface area (Å²) >= 11 is 0. The van der Waals surface area contributed by atoms with Gasteiger partial charge in [-0.15, -0.1) is 0 Å². The molecule has 12 heteroatoms. The van der Waals surface area contributed by atoms with Crippen LogP contribution in [0, 0.1) is 17.5 Å². The summed E-state index contributed by atoms with van der Waals surface area (Å²) in [7, 11) is 0. The molecule has 23 heavy (non-hydrogen) atoms. The van der Waals surface area contributed by atoms with Gasteiger partial charge in [-0.1, -0.05) is 0 Å². The molecule has 0 amide bonds. The summed E-state index contributed by atoms with van der Waals surface area (Å²) in [5.74, 6) is -28.4. The predicted octanol–water partition coefficient (Wildman–Crippen LogP) is 5.47. The first-order valence-corrected chi connectivity index (χ1v) is 5.27. The highest BCUT2D eigenvalue weighted by molar-refractivity contribution is 5.51. The Hall–Kier alpha value is -1.88. The molecule has 1 aromatic rings. The van der Waals surface area contributed by atoms with Crippen molar-refractivity contribution in [3.8, 4) is 0 Å². The molecular weight excluding hydrogens is 360 g/mol. The van der Waals surface area contributed by atoms with E-state index in [1.807, 2.05) is 0 Å². The average molecular weight is 360 g/mol. The van der Waals surface area contributed by atoms with Gasteiger partial charge in [0.2, 0.25) is 11.7 Å². The van der Waals surface area contributed by atoms with Crippen LogP contribution in [0.2, 0.25) is 0 Å². The van der Waals surface area contributed by atoms with Crippen LogP contribution in [0.25, 0.3) is 0 Å². The van der Waals surface area contributed by atoms with Crippen LogP contribution in [0.4, 0.5) is 52.7 Å². The van der Waals surface area contributed by atoms with Crippen molar-refractivity contribution in [3.05, 3.63) is 45.8 Å². The van der Waals surface area contributed by atoms with Gasteiger partial charge < -0.3 is 0 Å². The van der Waals surface area contributed by atoms with Gasteiger partial charge in [-0.25, -0.2) is 22.0 Å². The smallest absolute Gasteiger partial charge is 0.206 e. The van der Waals surface area contributed by atoms with Gasteiger partial charge in [0.25, 0.3) is 0 Å². The number of hydrogen-bond donors (Lipinski definition) is 0. The largest absolute Gasteiger partial charge is 0.422 e. The Balaban J connectivity index is 3.09. The molecular formula is C11F12. The fraction of sp³-hybridized carbons (Fsp3) is 0.273. The molecule has 0 spiro atoms. The van der Waals surface area contributed by atoms with E-state index in [4.69, 9.17) is 0 Å². The van der Waals surface area contributed by atoms with Gasteiger partial charge in [-0.3, -0.25) is 0 Å². The fourth-order valence-corrected chi connectivity index (χ4v) is 1.99. The Morgan fingerprint density at radius 2 is 0.913 bits per heavy atom. The molecule has 1 aliphatic rings. The predicted molar refractivity (Wildman–Crippen MR) is 48.3 cm³/mol. The second-order valence-electron chi connectivity index (χ2n) is 4.34. The number of alkyl halides is 7. The summed E-state index contributed by atoms with van der Waals surface area (Å²) in [4.78, 5) is 0. The molecule has 0 aliphatic heterocycles. The molecule has 0 heterocycles. The first-order chi connectivity index (χ1) is 10.2. The second kappa shape index (κ2) is 4.57. The van der Waals surface area contributed by atoms with Gasteiger partial charge in [0.15, 0.2) is 11.6 Å². The Kier molecular flexibility index (Phi) is 3.47. The van der Waals surface area contributed by atoms with E-state index in [-0.39, 0.29) is 0 Å². The number of hydrogen-bond acceptors (Lipinski definition) is 0. The minimum Gasteiger partial charge on any atom is -0.206 e. The summed E-state index contributed by atoms with van der Waals surface area (Å²) in [5.41, 5.74) is -9.42. The van der Waals surface area contributed by atoms with Crippen molar-refractivity contribution >= 4 is 0 Å². The molecule has 0 saturated carbocycles. The molecule has 1 aliphatic carbocycles. The Morgan fingerprint density at radius 1 is 0.565 bits per heavy atom. The maximum atomic E-state index is 13.6. The number of fused-ring (bicyclic) bond motifs is 1. The summed E-state index contributed by atoms with van der Waals surface area (Å²) in [6.45, 7) is 0. The number of allylic oxidation sites excluding steroid dienone is 2. The lowest BCUT2D eigenvalue weighted by Gasteiger charge is -2.30. The molecule has 0 atom stereocenters. The van der Waals surface area contributed by atoms with Crippen LogP contribution in [-0.2, 0) is 18.0 Å². The summed E-state index contributed by atoms with van der Waals surface area (Å²) in [6, 6.07) is 0. The number of rotatable bonds is 0. The summed E-state index contributed by atoms with van der Waals surface area (Å²) in [5, 5.41) is 0. The van der Waals surface area contributed by atoms with Crippen LogP contribution in [0.1, 0.15) is 16.7 Å². The van der Waals surface area contributed by atoms with Crippen LogP contribution >= 0.6 is 0 Å². The number of benzene rings is 1. The average Bonchev–Trinajstić information content (AvgIpc) is 2.37. The third-order valence-corrected chi connectivity index (χ3v) is 2.98. The lowest BCUT2D eigenvalue weighted by atomic mass is 9.86. The highest BCUT2D eigenvalue weighted by atomic mass is 19.4. The number of halogens is 12. The van der Waals surface area contributed by atoms with E-state index < -0.39 is 63.8 Å². The van der Waals surface area contributed by atoms with E-state index in [0.29, 0.717) is 0 Å². The minimum atomic E-state index is -6.11. The van der Waals surface area contributed by atoms with Crippen molar-refractivity contribution < 1.29 is 52.7 Å². The lowest BCUT2D eigenvalue weighted by molar-refractivity contribution is -0.143. The molecule has 128 valence electrons.